The fraction of sp³-hybridized carbons (Fsp3) is 0.462. The van der Waals surface area contributed by atoms with Crippen LogP contribution in [0, 0.1) is 0 Å². The van der Waals surface area contributed by atoms with Gasteiger partial charge in [0.15, 0.2) is 5.78 Å². The maximum absolute atomic E-state index is 11.6. The smallest absolute Gasteiger partial charge is 0.188 e. The molecule has 0 atom stereocenters. The molecule has 0 N–H and O–H groups in total. The van der Waals surface area contributed by atoms with Crippen LogP contribution >= 0.6 is 0 Å². The average Bonchev–Trinajstić information content (AvgIpc) is 2.40. The first kappa shape index (κ1) is 12.1. The molecule has 0 saturated carbocycles. The highest BCUT2D eigenvalue weighted by molar-refractivity contribution is 5.97. The van der Waals surface area contributed by atoms with E-state index >= 15 is 0 Å². The van der Waals surface area contributed by atoms with Gasteiger partial charge in [0.25, 0.3) is 0 Å². The lowest BCUT2D eigenvalue weighted by atomic mass is 10.1. The van der Waals surface area contributed by atoms with E-state index in [9.17, 15) is 4.79 Å². The Hall–Kier alpha value is -1.39. The minimum atomic E-state index is 0.0148. The van der Waals surface area contributed by atoms with Crippen molar-refractivity contribution < 1.29 is 14.3 Å². The van der Waals surface area contributed by atoms with Crippen molar-refractivity contribution >= 4 is 11.5 Å². The van der Waals surface area contributed by atoms with Crippen molar-refractivity contribution in [1.82, 2.24) is 0 Å². The molecule has 4 nitrogen and oxygen atoms in total. The van der Waals surface area contributed by atoms with Gasteiger partial charge in [0.1, 0.15) is 6.61 Å². The molecule has 2 rings (SSSR count). The molecular weight excluding hydrogens is 218 g/mol. The SMILES string of the molecule is COCC(=O)c1ccc(N2CCOCC2)cc1. The summed E-state index contributed by atoms with van der Waals surface area (Å²) in [7, 11) is 1.53. The normalized spacial score (nSPS) is 15.9. The highest BCUT2D eigenvalue weighted by Crippen LogP contribution is 2.16. The van der Waals surface area contributed by atoms with E-state index in [0.717, 1.165) is 32.0 Å². The quantitative estimate of drug-likeness (QED) is 0.738. The number of morpholine rings is 1. The van der Waals surface area contributed by atoms with Crippen molar-refractivity contribution in [3.63, 3.8) is 0 Å². The summed E-state index contributed by atoms with van der Waals surface area (Å²) >= 11 is 0. The monoisotopic (exact) mass is 235 g/mol. The van der Waals surface area contributed by atoms with Gasteiger partial charge in [-0.1, -0.05) is 0 Å². The van der Waals surface area contributed by atoms with Crippen LogP contribution in [0.3, 0.4) is 0 Å². The van der Waals surface area contributed by atoms with Crippen LogP contribution in [0.2, 0.25) is 0 Å². The van der Waals surface area contributed by atoms with Crippen LogP contribution < -0.4 is 4.90 Å². The molecule has 1 saturated heterocycles. The van der Waals surface area contributed by atoms with Gasteiger partial charge in [-0.3, -0.25) is 4.79 Å². The Morgan fingerprint density at radius 1 is 1.29 bits per heavy atom. The molecule has 0 spiro atoms. The Morgan fingerprint density at radius 2 is 1.94 bits per heavy atom. The van der Waals surface area contributed by atoms with Gasteiger partial charge in [0.05, 0.1) is 13.2 Å². The Bertz CT molecular complexity index is 369. The number of ether oxygens (including phenoxy) is 2. The zero-order valence-electron chi connectivity index (χ0n) is 10.0. The summed E-state index contributed by atoms with van der Waals surface area (Å²) in [4.78, 5) is 13.8. The molecule has 1 heterocycles. The molecule has 92 valence electrons. The first-order valence-electron chi connectivity index (χ1n) is 5.76. The van der Waals surface area contributed by atoms with Crippen molar-refractivity contribution in [2.24, 2.45) is 0 Å². The van der Waals surface area contributed by atoms with Gasteiger partial charge >= 0.3 is 0 Å². The first-order chi connectivity index (χ1) is 8.31. The van der Waals surface area contributed by atoms with Gasteiger partial charge in [-0.2, -0.15) is 0 Å². The standard InChI is InChI=1S/C13H17NO3/c1-16-10-13(15)11-2-4-12(5-3-11)14-6-8-17-9-7-14/h2-5H,6-10H2,1H3. The van der Waals surface area contributed by atoms with E-state index in [1.54, 1.807) is 0 Å². The molecule has 0 radical (unpaired) electrons. The number of carbonyl (C=O) groups is 1. The van der Waals surface area contributed by atoms with Crippen molar-refractivity contribution in [1.29, 1.82) is 0 Å². The molecule has 0 aliphatic carbocycles. The number of benzene rings is 1. The molecule has 0 bridgehead atoms. The highest BCUT2D eigenvalue weighted by atomic mass is 16.5. The van der Waals surface area contributed by atoms with Crippen molar-refractivity contribution in [3.8, 4) is 0 Å². The van der Waals surface area contributed by atoms with Gasteiger partial charge in [-0.05, 0) is 24.3 Å². The average molecular weight is 235 g/mol. The lowest BCUT2D eigenvalue weighted by Crippen LogP contribution is -2.36. The molecule has 0 aromatic heterocycles. The Kier molecular flexibility index (Phi) is 4.12. The molecule has 0 amide bonds. The second kappa shape index (κ2) is 5.80. The maximum atomic E-state index is 11.6. The molecule has 1 aliphatic rings. The number of hydrogen-bond donors (Lipinski definition) is 0. The lowest BCUT2D eigenvalue weighted by Gasteiger charge is -2.28. The molecular formula is C13H17NO3. The minimum absolute atomic E-state index is 0.0148. The van der Waals surface area contributed by atoms with E-state index in [4.69, 9.17) is 9.47 Å². The Labute approximate surface area is 101 Å². The van der Waals surface area contributed by atoms with E-state index < -0.39 is 0 Å². The predicted octanol–water partition coefficient (Wildman–Crippen LogP) is 1.35. The third-order valence-corrected chi connectivity index (χ3v) is 2.84. The number of ketones is 1. The van der Waals surface area contributed by atoms with E-state index in [1.807, 2.05) is 24.3 Å². The first-order valence-corrected chi connectivity index (χ1v) is 5.76. The fourth-order valence-electron chi connectivity index (χ4n) is 1.89. The summed E-state index contributed by atoms with van der Waals surface area (Å²) in [5.41, 5.74) is 1.84. The van der Waals surface area contributed by atoms with Crippen LogP contribution in [0.5, 0.6) is 0 Å². The molecule has 4 heteroatoms. The van der Waals surface area contributed by atoms with E-state index in [-0.39, 0.29) is 12.4 Å². The number of methoxy groups -OCH3 is 1. The summed E-state index contributed by atoms with van der Waals surface area (Å²) < 4.78 is 10.1. The van der Waals surface area contributed by atoms with Crippen molar-refractivity contribution in [2.75, 3.05) is 44.9 Å². The summed E-state index contributed by atoms with van der Waals surface area (Å²) in [6, 6.07) is 7.67. The van der Waals surface area contributed by atoms with Gasteiger partial charge in [0.2, 0.25) is 0 Å². The Morgan fingerprint density at radius 3 is 2.53 bits per heavy atom. The number of anilines is 1. The van der Waals surface area contributed by atoms with E-state index in [2.05, 4.69) is 4.90 Å². The molecule has 17 heavy (non-hydrogen) atoms. The maximum Gasteiger partial charge on any atom is 0.188 e. The van der Waals surface area contributed by atoms with Gasteiger partial charge in [0, 0.05) is 31.5 Å². The minimum Gasteiger partial charge on any atom is -0.378 e. The predicted molar refractivity (Wildman–Crippen MR) is 65.7 cm³/mol. The van der Waals surface area contributed by atoms with Gasteiger partial charge in [-0.25, -0.2) is 0 Å². The number of rotatable bonds is 4. The fourth-order valence-corrected chi connectivity index (χ4v) is 1.89. The zero-order chi connectivity index (χ0) is 12.1. The largest absolute Gasteiger partial charge is 0.378 e. The van der Waals surface area contributed by atoms with Crippen LogP contribution in [0.15, 0.2) is 24.3 Å². The van der Waals surface area contributed by atoms with Crippen LogP contribution in [-0.2, 0) is 9.47 Å². The summed E-state index contributed by atoms with van der Waals surface area (Å²) in [5.74, 6) is 0.0148. The number of Topliss-reactive ketones (excluding diaryl/α,β-unsaturated/α-hetero) is 1. The van der Waals surface area contributed by atoms with Crippen LogP contribution in [0.4, 0.5) is 5.69 Å². The van der Waals surface area contributed by atoms with Crippen LogP contribution in [0.25, 0.3) is 0 Å². The van der Waals surface area contributed by atoms with E-state index in [0.29, 0.717) is 5.56 Å². The summed E-state index contributed by atoms with van der Waals surface area (Å²) in [6.07, 6.45) is 0. The number of nitrogens with zero attached hydrogens (tertiary/aromatic N) is 1. The highest BCUT2D eigenvalue weighted by Gasteiger charge is 2.11. The summed E-state index contributed by atoms with van der Waals surface area (Å²) in [6.45, 7) is 3.49. The van der Waals surface area contributed by atoms with Crippen LogP contribution in [0.1, 0.15) is 10.4 Å². The third-order valence-electron chi connectivity index (χ3n) is 2.84. The van der Waals surface area contributed by atoms with Crippen molar-refractivity contribution in [2.45, 2.75) is 0 Å². The van der Waals surface area contributed by atoms with Gasteiger partial charge in [-0.15, -0.1) is 0 Å². The topological polar surface area (TPSA) is 38.8 Å². The van der Waals surface area contributed by atoms with Crippen LogP contribution in [-0.4, -0.2) is 45.8 Å². The molecule has 1 aromatic carbocycles. The second-order valence-corrected chi connectivity index (χ2v) is 4.00. The molecule has 1 aromatic rings. The summed E-state index contributed by atoms with van der Waals surface area (Å²) in [5, 5.41) is 0. The van der Waals surface area contributed by atoms with E-state index in [1.165, 1.54) is 7.11 Å². The van der Waals surface area contributed by atoms with Gasteiger partial charge < -0.3 is 14.4 Å². The number of hydrogen-bond acceptors (Lipinski definition) is 4. The Balaban J connectivity index is 2.04. The molecule has 0 unspecified atom stereocenters. The zero-order valence-corrected chi connectivity index (χ0v) is 10.0. The number of carbonyl (C=O) groups excluding carboxylic acids is 1. The second-order valence-electron chi connectivity index (χ2n) is 4.00. The third kappa shape index (κ3) is 3.05. The van der Waals surface area contributed by atoms with Crippen molar-refractivity contribution in [3.05, 3.63) is 29.8 Å². The molecule has 1 fully saturated rings. The molecule has 1 aliphatic heterocycles. The lowest BCUT2D eigenvalue weighted by molar-refractivity contribution is 0.0848.